The van der Waals surface area contributed by atoms with E-state index in [1.54, 1.807) is 0 Å². The number of hydrogen-bond donors (Lipinski definition) is 2. The molecule has 0 heterocycles. The van der Waals surface area contributed by atoms with Crippen LogP contribution in [0.1, 0.15) is 58.8 Å². The van der Waals surface area contributed by atoms with Gasteiger partial charge in [-0.1, -0.05) is 20.3 Å². The summed E-state index contributed by atoms with van der Waals surface area (Å²) in [5.41, 5.74) is 5.38. The lowest BCUT2D eigenvalue weighted by atomic mass is 9.73. The highest BCUT2D eigenvalue weighted by Crippen LogP contribution is 2.35. The van der Waals surface area contributed by atoms with Gasteiger partial charge in [0, 0.05) is 12.0 Å². The highest BCUT2D eigenvalue weighted by Gasteiger charge is 2.35. The fourth-order valence-corrected chi connectivity index (χ4v) is 2.78. The zero-order chi connectivity index (χ0) is 12.0. The van der Waals surface area contributed by atoms with Gasteiger partial charge in [-0.15, -0.1) is 0 Å². The molecule has 1 saturated carbocycles. The number of carbonyl (C=O) groups is 1. The molecular formula is C13H26N2O. The van der Waals surface area contributed by atoms with Crippen molar-refractivity contribution < 1.29 is 4.79 Å². The zero-order valence-corrected chi connectivity index (χ0v) is 10.7. The lowest BCUT2D eigenvalue weighted by molar-refractivity contribution is -0.119. The van der Waals surface area contributed by atoms with Crippen LogP contribution in [0.4, 0.5) is 0 Å². The van der Waals surface area contributed by atoms with Crippen molar-refractivity contribution in [3.8, 4) is 0 Å². The Kier molecular flexibility index (Phi) is 5.26. The molecule has 1 fully saturated rings. The maximum atomic E-state index is 11.2. The molecule has 3 heteroatoms. The predicted molar refractivity (Wildman–Crippen MR) is 67.1 cm³/mol. The van der Waals surface area contributed by atoms with E-state index >= 15 is 0 Å². The Morgan fingerprint density at radius 3 is 2.44 bits per heavy atom. The van der Waals surface area contributed by atoms with Crippen molar-refractivity contribution >= 4 is 5.91 Å². The number of nitrogens with one attached hydrogen (secondary N) is 1. The standard InChI is InChI=1S/C13H26N2O/c1-3-9-15-13(10-12(14)16)7-5-11(4-2)6-8-13/h11,15H,3-10H2,1-2H3,(H2,14,16). The van der Waals surface area contributed by atoms with Crippen LogP contribution in [0, 0.1) is 5.92 Å². The molecule has 0 aromatic heterocycles. The highest BCUT2D eigenvalue weighted by atomic mass is 16.1. The summed E-state index contributed by atoms with van der Waals surface area (Å²) in [5.74, 6) is 0.683. The van der Waals surface area contributed by atoms with Gasteiger partial charge in [0.2, 0.25) is 5.91 Å². The van der Waals surface area contributed by atoms with Crippen LogP contribution in [0.15, 0.2) is 0 Å². The van der Waals surface area contributed by atoms with Gasteiger partial charge in [0.15, 0.2) is 0 Å². The Labute approximate surface area is 99.2 Å². The lowest BCUT2D eigenvalue weighted by Crippen LogP contribution is -2.50. The predicted octanol–water partition coefficient (Wildman–Crippen LogP) is 2.20. The van der Waals surface area contributed by atoms with E-state index in [4.69, 9.17) is 5.73 Å². The molecule has 3 N–H and O–H groups in total. The van der Waals surface area contributed by atoms with Crippen molar-refractivity contribution in [3.63, 3.8) is 0 Å². The molecule has 16 heavy (non-hydrogen) atoms. The van der Waals surface area contributed by atoms with Crippen LogP contribution >= 0.6 is 0 Å². The van der Waals surface area contributed by atoms with E-state index in [0.717, 1.165) is 31.7 Å². The maximum absolute atomic E-state index is 11.2. The second-order valence-electron chi connectivity index (χ2n) is 5.20. The van der Waals surface area contributed by atoms with Crippen LogP contribution in [-0.2, 0) is 4.79 Å². The first-order valence-electron chi connectivity index (χ1n) is 6.65. The van der Waals surface area contributed by atoms with Gasteiger partial charge in [-0.05, 0) is 44.6 Å². The number of primary amides is 1. The number of carbonyl (C=O) groups excluding carboxylic acids is 1. The van der Waals surface area contributed by atoms with Crippen LogP contribution < -0.4 is 11.1 Å². The average Bonchev–Trinajstić information content (AvgIpc) is 2.27. The molecule has 0 unspecified atom stereocenters. The summed E-state index contributed by atoms with van der Waals surface area (Å²) in [6, 6.07) is 0. The molecule has 94 valence electrons. The second kappa shape index (κ2) is 6.24. The maximum Gasteiger partial charge on any atom is 0.219 e. The largest absolute Gasteiger partial charge is 0.370 e. The van der Waals surface area contributed by atoms with E-state index in [-0.39, 0.29) is 11.4 Å². The van der Waals surface area contributed by atoms with Gasteiger partial charge in [0.05, 0.1) is 0 Å². The van der Waals surface area contributed by atoms with Gasteiger partial charge >= 0.3 is 0 Å². The van der Waals surface area contributed by atoms with Gasteiger partial charge in [-0.25, -0.2) is 0 Å². The van der Waals surface area contributed by atoms with E-state index in [1.807, 2.05) is 0 Å². The fraction of sp³-hybridized carbons (Fsp3) is 0.923. The van der Waals surface area contributed by atoms with E-state index in [0.29, 0.717) is 6.42 Å². The minimum Gasteiger partial charge on any atom is -0.370 e. The summed E-state index contributed by atoms with van der Waals surface area (Å²) in [6.07, 6.45) is 7.56. The molecule has 0 bridgehead atoms. The van der Waals surface area contributed by atoms with Gasteiger partial charge in [-0.2, -0.15) is 0 Å². The van der Waals surface area contributed by atoms with Gasteiger partial charge < -0.3 is 11.1 Å². The first kappa shape index (κ1) is 13.5. The number of amides is 1. The Bertz CT molecular complexity index is 220. The van der Waals surface area contributed by atoms with Crippen molar-refractivity contribution in [2.24, 2.45) is 11.7 Å². The van der Waals surface area contributed by atoms with Crippen molar-refractivity contribution in [1.82, 2.24) is 5.32 Å². The first-order chi connectivity index (χ1) is 7.62. The number of nitrogens with two attached hydrogens (primary N) is 1. The summed E-state index contributed by atoms with van der Waals surface area (Å²) in [6.45, 7) is 5.40. The van der Waals surface area contributed by atoms with Gasteiger partial charge in [0.25, 0.3) is 0 Å². The monoisotopic (exact) mass is 226 g/mol. The van der Waals surface area contributed by atoms with Crippen molar-refractivity contribution in [2.75, 3.05) is 6.54 Å². The summed E-state index contributed by atoms with van der Waals surface area (Å²) in [5, 5.41) is 3.56. The van der Waals surface area contributed by atoms with Crippen LogP contribution in [0.2, 0.25) is 0 Å². The van der Waals surface area contributed by atoms with E-state index in [9.17, 15) is 4.79 Å². The molecule has 0 spiro atoms. The van der Waals surface area contributed by atoms with Crippen LogP contribution in [-0.4, -0.2) is 18.0 Å². The normalized spacial score (nSPS) is 30.2. The molecule has 0 aliphatic heterocycles. The molecule has 1 aliphatic rings. The number of hydrogen-bond acceptors (Lipinski definition) is 2. The summed E-state index contributed by atoms with van der Waals surface area (Å²) >= 11 is 0. The molecular weight excluding hydrogens is 200 g/mol. The third kappa shape index (κ3) is 3.78. The second-order valence-corrected chi connectivity index (χ2v) is 5.20. The van der Waals surface area contributed by atoms with Crippen molar-refractivity contribution in [1.29, 1.82) is 0 Å². The Morgan fingerprint density at radius 1 is 1.38 bits per heavy atom. The SMILES string of the molecule is CCCNC1(CC(N)=O)CCC(CC)CC1. The average molecular weight is 226 g/mol. The summed E-state index contributed by atoms with van der Waals surface area (Å²) in [7, 11) is 0. The first-order valence-corrected chi connectivity index (χ1v) is 6.65. The molecule has 3 nitrogen and oxygen atoms in total. The van der Waals surface area contributed by atoms with Crippen LogP contribution in [0.25, 0.3) is 0 Å². The molecule has 1 rings (SSSR count). The number of rotatable bonds is 6. The lowest BCUT2D eigenvalue weighted by Gasteiger charge is -2.40. The highest BCUT2D eigenvalue weighted by molar-refractivity contribution is 5.75. The van der Waals surface area contributed by atoms with Crippen molar-refractivity contribution in [3.05, 3.63) is 0 Å². The minimum atomic E-state index is -0.168. The van der Waals surface area contributed by atoms with Crippen molar-refractivity contribution in [2.45, 2.75) is 64.3 Å². The van der Waals surface area contributed by atoms with Crippen LogP contribution in [0.5, 0.6) is 0 Å². The summed E-state index contributed by atoms with van der Waals surface area (Å²) < 4.78 is 0. The quantitative estimate of drug-likeness (QED) is 0.729. The van der Waals surface area contributed by atoms with E-state index < -0.39 is 0 Å². The summed E-state index contributed by atoms with van der Waals surface area (Å²) in [4.78, 5) is 11.2. The minimum absolute atomic E-state index is 0.00745. The molecule has 1 aliphatic carbocycles. The van der Waals surface area contributed by atoms with E-state index in [1.165, 1.54) is 19.3 Å². The molecule has 0 saturated heterocycles. The van der Waals surface area contributed by atoms with Gasteiger partial charge in [0.1, 0.15) is 0 Å². The third-order valence-electron chi connectivity index (χ3n) is 3.90. The zero-order valence-electron chi connectivity index (χ0n) is 10.7. The molecule has 0 atom stereocenters. The Hall–Kier alpha value is -0.570. The molecule has 0 radical (unpaired) electrons. The molecule has 0 aromatic carbocycles. The Morgan fingerprint density at radius 2 is 2.00 bits per heavy atom. The Balaban J connectivity index is 2.55. The van der Waals surface area contributed by atoms with E-state index in [2.05, 4.69) is 19.2 Å². The molecule has 1 amide bonds. The smallest absolute Gasteiger partial charge is 0.219 e. The van der Waals surface area contributed by atoms with Crippen LogP contribution in [0.3, 0.4) is 0 Å². The van der Waals surface area contributed by atoms with Gasteiger partial charge in [-0.3, -0.25) is 4.79 Å². The molecule has 0 aromatic rings. The fourth-order valence-electron chi connectivity index (χ4n) is 2.78. The third-order valence-corrected chi connectivity index (χ3v) is 3.90. The topological polar surface area (TPSA) is 55.1 Å².